The minimum atomic E-state index is 0.366. The lowest BCUT2D eigenvalue weighted by Gasteiger charge is -2.25. The number of imidazole rings is 1. The molecule has 2 heterocycles. The number of nitrogens with zero attached hydrogens (tertiary/aromatic N) is 3. The van der Waals surface area contributed by atoms with Gasteiger partial charge in [-0.1, -0.05) is 29.8 Å². The van der Waals surface area contributed by atoms with E-state index in [1.807, 2.05) is 12.4 Å². The summed E-state index contributed by atoms with van der Waals surface area (Å²) in [4.78, 5) is 6.92. The largest absolute Gasteiger partial charge is 0.377 e. The van der Waals surface area contributed by atoms with Crippen molar-refractivity contribution < 1.29 is 4.74 Å². The van der Waals surface area contributed by atoms with Crippen LogP contribution >= 0.6 is 0 Å². The van der Waals surface area contributed by atoms with Crippen molar-refractivity contribution in [2.24, 2.45) is 7.05 Å². The summed E-state index contributed by atoms with van der Waals surface area (Å²) in [5.41, 5.74) is 2.67. The third-order valence-corrected chi connectivity index (χ3v) is 4.26. The molecule has 1 aliphatic rings. The van der Waals surface area contributed by atoms with E-state index in [0.717, 1.165) is 32.1 Å². The van der Waals surface area contributed by atoms with E-state index in [4.69, 9.17) is 4.74 Å². The summed E-state index contributed by atoms with van der Waals surface area (Å²) in [6, 6.07) is 8.75. The van der Waals surface area contributed by atoms with E-state index < -0.39 is 0 Å². The summed E-state index contributed by atoms with van der Waals surface area (Å²) in [7, 11) is 2.05. The van der Waals surface area contributed by atoms with Gasteiger partial charge in [0.05, 0.1) is 12.6 Å². The molecule has 4 heteroatoms. The van der Waals surface area contributed by atoms with Crippen LogP contribution in [-0.2, 0) is 24.9 Å². The Kier molecular flexibility index (Phi) is 4.90. The maximum absolute atomic E-state index is 5.83. The molecule has 0 bridgehead atoms. The first-order valence-electron chi connectivity index (χ1n) is 8.06. The van der Waals surface area contributed by atoms with Gasteiger partial charge < -0.3 is 9.30 Å². The molecule has 1 aromatic carbocycles. The molecule has 1 saturated heterocycles. The Balaban J connectivity index is 1.71. The van der Waals surface area contributed by atoms with Gasteiger partial charge in [-0.3, -0.25) is 4.90 Å². The highest BCUT2D eigenvalue weighted by Gasteiger charge is 2.20. The fourth-order valence-electron chi connectivity index (χ4n) is 3.08. The van der Waals surface area contributed by atoms with Gasteiger partial charge in [-0.25, -0.2) is 4.98 Å². The molecule has 1 aromatic heterocycles. The molecule has 118 valence electrons. The molecule has 1 atom stereocenters. The summed E-state index contributed by atoms with van der Waals surface area (Å²) >= 11 is 0. The van der Waals surface area contributed by atoms with E-state index in [1.54, 1.807) is 0 Å². The Hall–Kier alpha value is -1.65. The van der Waals surface area contributed by atoms with Crippen LogP contribution in [0.2, 0.25) is 0 Å². The van der Waals surface area contributed by atoms with Crippen LogP contribution in [0.4, 0.5) is 0 Å². The van der Waals surface area contributed by atoms with Crippen molar-refractivity contribution in [1.82, 2.24) is 14.5 Å². The monoisotopic (exact) mass is 299 g/mol. The second-order valence-electron chi connectivity index (χ2n) is 6.25. The van der Waals surface area contributed by atoms with Crippen molar-refractivity contribution in [2.75, 3.05) is 13.2 Å². The molecular formula is C18H25N3O. The average Bonchev–Trinajstić information content (AvgIpc) is 3.12. The zero-order valence-electron chi connectivity index (χ0n) is 13.5. The van der Waals surface area contributed by atoms with E-state index in [2.05, 4.69) is 52.7 Å². The summed E-state index contributed by atoms with van der Waals surface area (Å²) in [5.74, 6) is 1.10. The number of ether oxygens (including phenoxy) is 1. The van der Waals surface area contributed by atoms with Crippen LogP contribution in [0.15, 0.2) is 36.7 Å². The molecule has 1 unspecified atom stereocenters. The predicted molar refractivity (Wildman–Crippen MR) is 87.5 cm³/mol. The lowest BCUT2D eigenvalue weighted by atomic mass is 10.1. The molecule has 3 rings (SSSR count). The fraction of sp³-hybridized carbons (Fsp3) is 0.500. The molecule has 1 fully saturated rings. The maximum Gasteiger partial charge on any atom is 0.122 e. The minimum Gasteiger partial charge on any atom is -0.377 e. The number of rotatable bonds is 6. The van der Waals surface area contributed by atoms with Crippen molar-refractivity contribution in [2.45, 2.75) is 39.0 Å². The smallest absolute Gasteiger partial charge is 0.122 e. The zero-order chi connectivity index (χ0) is 15.4. The average molecular weight is 299 g/mol. The van der Waals surface area contributed by atoms with Gasteiger partial charge in [0.1, 0.15) is 5.82 Å². The van der Waals surface area contributed by atoms with Gasteiger partial charge in [0.25, 0.3) is 0 Å². The van der Waals surface area contributed by atoms with Crippen LogP contribution in [0.5, 0.6) is 0 Å². The molecule has 2 aromatic rings. The zero-order valence-corrected chi connectivity index (χ0v) is 13.5. The van der Waals surface area contributed by atoms with Gasteiger partial charge in [0.15, 0.2) is 0 Å². The van der Waals surface area contributed by atoms with E-state index in [0.29, 0.717) is 6.10 Å². The first-order valence-corrected chi connectivity index (χ1v) is 8.06. The SMILES string of the molecule is Cc1cccc(CN(Cc2nccn2C)CC2CCCO2)c1. The molecule has 1 aliphatic heterocycles. The Morgan fingerprint density at radius 1 is 1.36 bits per heavy atom. The topological polar surface area (TPSA) is 30.3 Å². The van der Waals surface area contributed by atoms with Crippen LogP contribution in [0.1, 0.15) is 29.8 Å². The van der Waals surface area contributed by atoms with Crippen molar-refractivity contribution in [3.63, 3.8) is 0 Å². The first kappa shape index (κ1) is 15.3. The normalized spacial score (nSPS) is 18.2. The fourth-order valence-corrected chi connectivity index (χ4v) is 3.08. The summed E-state index contributed by atoms with van der Waals surface area (Å²) in [6.07, 6.45) is 6.60. The van der Waals surface area contributed by atoms with Crippen LogP contribution in [0, 0.1) is 6.92 Å². The highest BCUT2D eigenvalue weighted by Crippen LogP contribution is 2.17. The highest BCUT2D eigenvalue weighted by molar-refractivity contribution is 5.22. The standard InChI is InChI=1S/C18H25N3O/c1-15-5-3-6-16(11-15)12-21(13-17-7-4-10-22-17)14-18-19-8-9-20(18)2/h3,5-6,8-9,11,17H,4,7,10,12-14H2,1-2H3. The molecule has 0 N–H and O–H groups in total. The lowest BCUT2D eigenvalue weighted by molar-refractivity contribution is 0.0667. The number of hydrogen-bond acceptors (Lipinski definition) is 3. The van der Waals surface area contributed by atoms with E-state index in [9.17, 15) is 0 Å². The van der Waals surface area contributed by atoms with Gasteiger partial charge in [0.2, 0.25) is 0 Å². The molecular weight excluding hydrogens is 274 g/mol. The van der Waals surface area contributed by atoms with Gasteiger partial charge in [0, 0.05) is 39.1 Å². The second-order valence-corrected chi connectivity index (χ2v) is 6.25. The van der Waals surface area contributed by atoms with Gasteiger partial charge in [-0.15, -0.1) is 0 Å². The third-order valence-electron chi connectivity index (χ3n) is 4.26. The summed E-state index contributed by atoms with van der Waals surface area (Å²) in [6.45, 7) is 5.82. The molecule has 22 heavy (non-hydrogen) atoms. The lowest BCUT2D eigenvalue weighted by Crippen LogP contribution is -2.32. The van der Waals surface area contributed by atoms with Crippen molar-refractivity contribution in [3.8, 4) is 0 Å². The van der Waals surface area contributed by atoms with Crippen LogP contribution < -0.4 is 0 Å². The predicted octanol–water partition coefficient (Wildman–Crippen LogP) is 2.91. The number of aromatic nitrogens is 2. The summed E-state index contributed by atoms with van der Waals surface area (Å²) < 4.78 is 7.92. The molecule has 0 radical (unpaired) electrons. The van der Waals surface area contributed by atoms with Crippen LogP contribution in [0.3, 0.4) is 0 Å². The number of hydrogen-bond donors (Lipinski definition) is 0. The number of benzene rings is 1. The van der Waals surface area contributed by atoms with Crippen molar-refractivity contribution in [3.05, 3.63) is 53.6 Å². The molecule has 0 amide bonds. The third kappa shape index (κ3) is 3.96. The maximum atomic E-state index is 5.83. The first-order chi connectivity index (χ1) is 10.7. The Bertz CT molecular complexity index is 602. The van der Waals surface area contributed by atoms with Gasteiger partial charge >= 0.3 is 0 Å². The van der Waals surface area contributed by atoms with Crippen LogP contribution in [-0.4, -0.2) is 33.7 Å². The Morgan fingerprint density at radius 2 is 2.27 bits per heavy atom. The van der Waals surface area contributed by atoms with E-state index >= 15 is 0 Å². The van der Waals surface area contributed by atoms with Crippen LogP contribution in [0.25, 0.3) is 0 Å². The molecule has 4 nitrogen and oxygen atoms in total. The quantitative estimate of drug-likeness (QED) is 0.821. The molecule has 0 saturated carbocycles. The number of aryl methyl sites for hydroxylation is 2. The minimum absolute atomic E-state index is 0.366. The molecule has 0 aliphatic carbocycles. The van der Waals surface area contributed by atoms with Crippen molar-refractivity contribution >= 4 is 0 Å². The van der Waals surface area contributed by atoms with Crippen molar-refractivity contribution in [1.29, 1.82) is 0 Å². The molecule has 0 spiro atoms. The Labute approximate surface area is 132 Å². The van der Waals surface area contributed by atoms with Gasteiger partial charge in [-0.2, -0.15) is 0 Å². The second kappa shape index (κ2) is 7.07. The summed E-state index contributed by atoms with van der Waals surface area (Å²) in [5, 5.41) is 0. The highest BCUT2D eigenvalue weighted by atomic mass is 16.5. The Morgan fingerprint density at radius 3 is 2.95 bits per heavy atom. The van der Waals surface area contributed by atoms with E-state index in [1.165, 1.54) is 24.0 Å². The van der Waals surface area contributed by atoms with Gasteiger partial charge in [-0.05, 0) is 25.3 Å². The van der Waals surface area contributed by atoms with E-state index in [-0.39, 0.29) is 0 Å².